The van der Waals surface area contributed by atoms with Crippen LogP contribution in [0.4, 0.5) is 0 Å². The molecule has 1 saturated heterocycles. The SMILES string of the molecule is O=C(O)c1cnc(CN2CCOCC2)nc1. The first-order chi connectivity index (χ1) is 7.75. The van der Waals surface area contributed by atoms with Gasteiger partial charge in [0, 0.05) is 25.5 Å². The van der Waals surface area contributed by atoms with Crippen LogP contribution < -0.4 is 0 Å². The van der Waals surface area contributed by atoms with Gasteiger partial charge in [0.05, 0.1) is 25.3 Å². The Morgan fingerprint density at radius 3 is 2.56 bits per heavy atom. The highest BCUT2D eigenvalue weighted by Crippen LogP contribution is 2.03. The highest BCUT2D eigenvalue weighted by atomic mass is 16.5. The summed E-state index contributed by atoms with van der Waals surface area (Å²) >= 11 is 0. The molecule has 0 amide bonds. The molecule has 1 aliphatic rings. The van der Waals surface area contributed by atoms with E-state index < -0.39 is 5.97 Å². The molecule has 2 heterocycles. The maximum atomic E-state index is 10.6. The van der Waals surface area contributed by atoms with Crippen molar-refractivity contribution in [2.75, 3.05) is 26.3 Å². The van der Waals surface area contributed by atoms with Crippen molar-refractivity contribution >= 4 is 5.97 Å². The van der Waals surface area contributed by atoms with Crippen LogP contribution in [0.3, 0.4) is 0 Å². The number of aromatic nitrogens is 2. The van der Waals surface area contributed by atoms with Crippen LogP contribution in [0.5, 0.6) is 0 Å². The predicted molar refractivity (Wildman–Crippen MR) is 55.1 cm³/mol. The Labute approximate surface area is 92.9 Å². The first-order valence-corrected chi connectivity index (χ1v) is 5.10. The van der Waals surface area contributed by atoms with Crippen LogP contribution in [0, 0.1) is 0 Å². The third-order valence-electron chi connectivity index (χ3n) is 2.42. The molecule has 1 aromatic heterocycles. The average molecular weight is 223 g/mol. The summed E-state index contributed by atoms with van der Waals surface area (Å²) in [5.41, 5.74) is 0.116. The zero-order valence-corrected chi connectivity index (χ0v) is 8.80. The minimum atomic E-state index is -1.00. The lowest BCUT2D eigenvalue weighted by atomic mass is 10.3. The molecule has 0 radical (unpaired) electrons. The second kappa shape index (κ2) is 5.00. The molecule has 1 N–H and O–H groups in total. The van der Waals surface area contributed by atoms with Gasteiger partial charge in [-0.3, -0.25) is 4.90 Å². The van der Waals surface area contributed by atoms with Gasteiger partial charge in [0.25, 0.3) is 0 Å². The average Bonchev–Trinajstić information content (AvgIpc) is 2.31. The second-order valence-electron chi connectivity index (χ2n) is 3.58. The second-order valence-corrected chi connectivity index (χ2v) is 3.58. The van der Waals surface area contributed by atoms with Crippen molar-refractivity contribution in [3.05, 3.63) is 23.8 Å². The minimum absolute atomic E-state index is 0.116. The lowest BCUT2D eigenvalue weighted by Gasteiger charge is -2.25. The molecular weight excluding hydrogens is 210 g/mol. The molecule has 1 fully saturated rings. The van der Waals surface area contributed by atoms with Gasteiger partial charge in [-0.15, -0.1) is 0 Å². The highest BCUT2D eigenvalue weighted by molar-refractivity contribution is 5.86. The van der Waals surface area contributed by atoms with Crippen molar-refractivity contribution in [1.29, 1.82) is 0 Å². The van der Waals surface area contributed by atoms with Crippen LogP contribution in [-0.4, -0.2) is 52.2 Å². The highest BCUT2D eigenvalue weighted by Gasteiger charge is 2.12. The summed E-state index contributed by atoms with van der Waals surface area (Å²) in [6.45, 7) is 3.83. The van der Waals surface area contributed by atoms with Crippen LogP contribution in [0.15, 0.2) is 12.4 Å². The van der Waals surface area contributed by atoms with E-state index in [-0.39, 0.29) is 5.56 Å². The largest absolute Gasteiger partial charge is 0.478 e. The first kappa shape index (κ1) is 11.0. The van der Waals surface area contributed by atoms with E-state index in [0.29, 0.717) is 12.4 Å². The van der Waals surface area contributed by atoms with Gasteiger partial charge in [-0.2, -0.15) is 0 Å². The van der Waals surface area contributed by atoms with Gasteiger partial charge in [-0.05, 0) is 0 Å². The molecule has 6 nitrogen and oxygen atoms in total. The van der Waals surface area contributed by atoms with Crippen LogP contribution in [0.2, 0.25) is 0 Å². The molecule has 1 aromatic rings. The van der Waals surface area contributed by atoms with Gasteiger partial charge in [-0.1, -0.05) is 0 Å². The summed E-state index contributed by atoms with van der Waals surface area (Å²) < 4.78 is 5.23. The van der Waals surface area contributed by atoms with Crippen molar-refractivity contribution < 1.29 is 14.6 Å². The third-order valence-corrected chi connectivity index (χ3v) is 2.42. The molecule has 6 heteroatoms. The molecule has 0 bridgehead atoms. The van der Waals surface area contributed by atoms with E-state index in [0.717, 1.165) is 26.3 Å². The Morgan fingerprint density at radius 2 is 2.00 bits per heavy atom. The topological polar surface area (TPSA) is 75.5 Å². The molecule has 0 aliphatic carbocycles. The van der Waals surface area contributed by atoms with Crippen LogP contribution in [-0.2, 0) is 11.3 Å². The van der Waals surface area contributed by atoms with Gasteiger partial charge < -0.3 is 9.84 Å². The fourth-order valence-electron chi connectivity index (χ4n) is 1.51. The molecule has 16 heavy (non-hydrogen) atoms. The van der Waals surface area contributed by atoms with Crippen molar-refractivity contribution in [2.45, 2.75) is 6.54 Å². The molecule has 86 valence electrons. The van der Waals surface area contributed by atoms with Crippen LogP contribution >= 0.6 is 0 Å². The molecule has 0 spiro atoms. The van der Waals surface area contributed by atoms with Gasteiger partial charge in [0.2, 0.25) is 0 Å². The quantitative estimate of drug-likeness (QED) is 0.777. The third kappa shape index (κ3) is 2.74. The molecular formula is C10H13N3O3. The van der Waals surface area contributed by atoms with Gasteiger partial charge in [0.1, 0.15) is 5.82 Å². The minimum Gasteiger partial charge on any atom is -0.478 e. The van der Waals surface area contributed by atoms with E-state index in [4.69, 9.17) is 9.84 Å². The number of hydrogen-bond donors (Lipinski definition) is 1. The van der Waals surface area contributed by atoms with Crippen molar-refractivity contribution in [1.82, 2.24) is 14.9 Å². The Hall–Kier alpha value is -1.53. The fourth-order valence-corrected chi connectivity index (χ4v) is 1.51. The monoisotopic (exact) mass is 223 g/mol. The molecule has 1 aliphatic heterocycles. The van der Waals surface area contributed by atoms with Gasteiger partial charge >= 0.3 is 5.97 Å². The molecule has 2 rings (SSSR count). The lowest BCUT2D eigenvalue weighted by molar-refractivity contribution is 0.0330. The fraction of sp³-hybridized carbons (Fsp3) is 0.500. The summed E-state index contributed by atoms with van der Waals surface area (Å²) in [6.07, 6.45) is 2.68. The first-order valence-electron chi connectivity index (χ1n) is 5.10. The smallest absolute Gasteiger partial charge is 0.338 e. The van der Waals surface area contributed by atoms with E-state index in [9.17, 15) is 4.79 Å². The summed E-state index contributed by atoms with van der Waals surface area (Å²) in [4.78, 5) is 20.8. The van der Waals surface area contributed by atoms with Crippen LogP contribution in [0.25, 0.3) is 0 Å². The number of nitrogens with zero attached hydrogens (tertiary/aromatic N) is 3. The van der Waals surface area contributed by atoms with Crippen molar-refractivity contribution in [2.24, 2.45) is 0 Å². The van der Waals surface area contributed by atoms with Crippen molar-refractivity contribution in [3.8, 4) is 0 Å². The number of carboxylic acid groups (broad SMARTS) is 1. The molecule has 0 unspecified atom stereocenters. The molecule has 0 aromatic carbocycles. The summed E-state index contributed by atoms with van der Waals surface area (Å²) in [5, 5.41) is 8.69. The van der Waals surface area contributed by atoms with Crippen molar-refractivity contribution in [3.63, 3.8) is 0 Å². The van der Waals surface area contributed by atoms with Gasteiger partial charge in [0.15, 0.2) is 0 Å². The zero-order chi connectivity index (χ0) is 11.4. The van der Waals surface area contributed by atoms with E-state index in [2.05, 4.69) is 14.9 Å². The number of carbonyl (C=O) groups is 1. The zero-order valence-electron chi connectivity index (χ0n) is 8.80. The molecule has 0 saturated carbocycles. The van der Waals surface area contributed by atoms with E-state index in [1.165, 1.54) is 12.4 Å². The molecule has 0 atom stereocenters. The maximum Gasteiger partial charge on any atom is 0.338 e. The van der Waals surface area contributed by atoms with Crippen LogP contribution in [0.1, 0.15) is 16.2 Å². The van der Waals surface area contributed by atoms with Gasteiger partial charge in [-0.25, -0.2) is 14.8 Å². The number of aromatic carboxylic acids is 1. The predicted octanol–water partition coefficient (Wildman–Crippen LogP) is 0.00700. The summed E-state index contributed by atoms with van der Waals surface area (Å²) in [6, 6.07) is 0. The number of rotatable bonds is 3. The maximum absolute atomic E-state index is 10.6. The number of ether oxygens (including phenoxy) is 1. The van der Waals surface area contributed by atoms with E-state index in [1.807, 2.05) is 0 Å². The Bertz CT molecular complexity index is 360. The Balaban J connectivity index is 1.96. The number of morpholine rings is 1. The summed E-state index contributed by atoms with van der Waals surface area (Å²) in [7, 11) is 0. The lowest BCUT2D eigenvalue weighted by Crippen LogP contribution is -2.36. The van der Waals surface area contributed by atoms with E-state index >= 15 is 0 Å². The number of carboxylic acids is 1. The normalized spacial score (nSPS) is 17.2. The number of hydrogen-bond acceptors (Lipinski definition) is 5. The standard InChI is InChI=1S/C10H13N3O3/c14-10(15)8-5-11-9(12-6-8)7-13-1-3-16-4-2-13/h5-6H,1-4,7H2,(H,14,15). The Morgan fingerprint density at radius 1 is 1.38 bits per heavy atom. The van der Waals surface area contributed by atoms with E-state index in [1.54, 1.807) is 0 Å². The summed E-state index contributed by atoms with van der Waals surface area (Å²) in [5.74, 6) is -0.357. The Kier molecular flexibility index (Phi) is 3.43.